The van der Waals surface area contributed by atoms with E-state index in [9.17, 15) is 0 Å². The van der Waals surface area contributed by atoms with E-state index in [1.807, 2.05) is 0 Å². The Hall–Kier alpha value is -2.90. The van der Waals surface area contributed by atoms with Crippen LogP contribution in [0, 0.1) is 11.8 Å². The van der Waals surface area contributed by atoms with Crippen molar-refractivity contribution >= 4 is 0 Å². The van der Waals surface area contributed by atoms with Crippen LogP contribution in [0.15, 0.2) is 97.6 Å². The third-order valence-electron chi connectivity index (χ3n) is 7.78. The number of rotatable bonds is 13. The van der Waals surface area contributed by atoms with E-state index in [2.05, 4.69) is 105 Å². The first kappa shape index (κ1) is 27.1. The van der Waals surface area contributed by atoms with Gasteiger partial charge in [0.05, 0.1) is 6.61 Å². The Labute approximate surface area is 225 Å². The maximum Gasteiger partial charge on any atom is 0.0716 e. The van der Waals surface area contributed by atoms with Crippen molar-refractivity contribution in [3.05, 3.63) is 109 Å². The van der Waals surface area contributed by atoms with Crippen LogP contribution in [0.3, 0.4) is 0 Å². The van der Waals surface area contributed by atoms with E-state index in [-0.39, 0.29) is 0 Å². The molecule has 0 heterocycles. The summed E-state index contributed by atoms with van der Waals surface area (Å²) in [6.45, 7) is 7.73. The first-order valence-electron chi connectivity index (χ1n) is 14.4. The van der Waals surface area contributed by atoms with Gasteiger partial charge in [0, 0.05) is 6.61 Å². The first-order chi connectivity index (χ1) is 18.2. The van der Waals surface area contributed by atoms with Gasteiger partial charge in [-0.2, -0.15) is 0 Å². The molecule has 0 unspecified atom stereocenters. The molecule has 1 aliphatic rings. The Morgan fingerprint density at radius 2 is 1.22 bits per heavy atom. The van der Waals surface area contributed by atoms with Crippen molar-refractivity contribution in [1.29, 1.82) is 0 Å². The van der Waals surface area contributed by atoms with E-state index in [1.165, 1.54) is 71.9 Å². The van der Waals surface area contributed by atoms with Crippen LogP contribution in [0.2, 0.25) is 0 Å². The van der Waals surface area contributed by atoms with E-state index >= 15 is 0 Å². The molecule has 1 aliphatic carbocycles. The summed E-state index contributed by atoms with van der Waals surface area (Å²) in [5, 5.41) is 0. The van der Waals surface area contributed by atoms with Gasteiger partial charge in [-0.25, -0.2) is 0 Å². The Morgan fingerprint density at radius 3 is 1.76 bits per heavy atom. The fourth-order valence-electron chi connectivity index (χ4n) is 5.27. The van der Waals surface area contributed by atoms with Crippen molar-refractivity contribution in [2.45, 2.75) is 71.3 Å². The van der Waals surface area contributed by atoms with Gasteiger partial charge in [-0.3, -0.25) is 0 Å². The average Bonchev–Trinajstić information content (AvgIpc) is 2.96. The molecular weight excluding hydrogens is 448 g/mol. The SMILES string of the molecule is C=CC1CCC(C=CCCc2ccc(-c3ccc(-c4ccc(COCCCCC)cc4)cc3)cc2)CC1. The van der Waals surface area contributed by atoms with Crippen molar-refractivity contribution in [2.24, 2.45) is 11.8 Å². The zero-order valence-corrected chi connectivity index (χ0v) is 22.7. The minimum Gasteiger partial charge on any atom is -0.377 e. The summed E-state index contributed by atoms with van der Waals surface area (Å²) >= 11 is 0. The molecule has 0 spiro atoms. The molecule has 1 saturated carbocycles. The predicted octanol–water partition coefficient (Wildman–Crippen LogP) is 10.2. The van der Waals surface area contributed by atoms with Gasteiger partial charge in [-0.05, 0) is 90.2 Å². The monoisotopic (exact) mass is 492 g/mol. The fraction of sp³-hybridized carbons (Fsp3) is 0.389. The molecule has 1 heteroatoms. The molecule has 3 aromatic carbocycles. The third-order valence-corrected chi connectivity index (χ3v) is 7.78. The molecule has 4 rings (SSSR count). The summed E-state index contributed by atoms with van der Waals surface area (Å²) in [5.74, 6) is 1.52. The van der Waals surface area contributed by atoms with Crippen LogP contribution in [0.25, 0.3) is 22.3 Å². The van der Waals surface area contributed by atoms with Gasteiger partial charge < -0.3 is 4.74 Å². The number of hydrogen-bond acceptors (Lipinski definition) is 1. The first-order valence-corrected chi connectivity index (χ1v) is 14.4. The molecule has 3 aromatic rings. The fourth-order valence-corrected chi connectivity index (χ4v) is 5.27. The summed E-state index contributed by atoms with van der Waals surface area (Å²) in [6.07, 6.45) is 18.1. The van der Waals surface area contributed by atoms with Crippen LogP contribution >= 0.6 is 0 Å². The predicted molar refractivity (Wildman–Crippen MR) is 160 cm³/mol. The summed E-state index contributed by atoms with van der Waals surface area (Å²) in [4.78, 5) is 0. The average molecular weight is 493 g/mol. The summed E-state index contributed by atoms with van der Waals surface area (Å²) in [6, 6.07) is 26.8. The van der Waals surface area contributed by atoms with E-state index in [0.29, 0.717) is 6.61 Å². The molecule has 1 nitrogen and oxygen atoms in total. The number of aryl methyl sites for hydroxylation is 1. The van der Waals surface area contributed by atoms with Crippen LogP contribution in [0.5, 0.6) is 0 Å². The van der Waals surface area contributed by atoms with Gasteiger partial charge in [0.25, 0.3) is 0 Å². The molecule has 0 atom stereocenters. The highest BCUT2D eigenvalue weighted by Crippen LogP contribution is 2.30. The van der Waals surface area contributed by atoms with Gasteiger partial charge in [0.15, 0.2) is 0 Å². The highest BCUT2D eigenvalue weighted by molar-refractivity contribution is 5.70. The summed E-state index contributed by atoms with van der Waals surface area (Å²) in [5.41, 5.74) is 7.69. The van der Waals surface area contributed by atoms with E-state index in [0.717, 1.165) is 37.7 Å². The van der Waals surface area contributed by atoms with Crippen molar-refractivity contribution in [3.8, 4) is 22.3 Å². The zero-order chi connectivity index (χ0) is 25.7. The zero-order valence-electron chi connectivity index (χ0n) is 22.7. The number of allylic oxidation sites excluding steroid dienone is 3. The van der Waals surface area contributed by atoms with Crippen LogP contribution < -0.4 is 0 Å². The lowest BCUT2D eigenvalue weighted by Gasteiger charge is -2.24. The third kappa shape index (κ3) is 8.58. The van der Waals surface area contributed by atoms with Crippen molar-refractivity contribution in [2.75, 3.05) is 6.61 Å². The lowest BCUT2D eigenvalue weighted by molar-refractivity contribution is 0.117. The minimum atomic E-state index is 0.701. The molecule has 0 N–H and O–H groups in total. The van der Waals surface area contributed by atoms with Crippen molar-refractivity contribution < 1.29 is 4.74 Å². The van der Waals surface area contributed by atoms with Gasteiger partial charge in [0.2, 0.25) is 0 Å². The molecule has 0 amide bonds. The minimum absolute atomic E-state index is 0.701. The second-order valence-corrected chi connectivity index (χ2v) is 10.6. The number of hydrogen-bond donors (Lipinski definition) is 0. The Balaban J connectivity index is 1.24. The summed E-state index contributed by atoms with van der Waals surface area (Å²) < 4.78 is 5.79. The van der Waals surface area contributed by atoms with Crippen molar-refractivity contribution in [3.63, 3.8) is 0 Å². The molecule has 194 valence electrons. The quantitative estimate of drug-likeness (QED) is 0.170. The maximum absolute atomic E-state index is 5.79. The van der Waals surface area contributed by atoms with Gasteiger partial charge >= 0.3 is 0 Å². The second-order valence-electron chi connectivity index (χ2n) is 10.6. The molecule has 0 bridgehead atoms. The Kier molecular flexibility index (Phi) is 10.8. The number of ether oxygens (including phenoxy) is 1. The molecule has 0 aliphatic heterocycles. The number of benzene rings is 3. The standard InChI is InChI=1S/C36H44O/c1-3-5-8-27-37-28-32-17-21-34(22-18-32)36-25-23-35(24-26-36)33-19-15-31(16-20-33)10-7-6-9-30-13-11-29(4-2)12-14-30/h4,6,9,15-26,29-30H,2-3,5,7-8,10-14,27-28H2,1H3. The Bertz CT molecular complexity index is 1080. The topological polar surface area (TPSA) is 9.23 Å². The van der Waals surface area contributed by atoms with Crippen LogP contribution in [-0.2, 0) is 17.8 Å². The highest BCUT2D eigenvalue weighted by atomic mass is 16.5. The van der Waals surface area contributed by atoms with E-state index in [4.69, 9.17) is 4.74 Å². The second kappa shape index (κ2) is 14.7. The van der Waals surface area contributed by atoms with Gasteiger partial charge in [-0.1, -0.05) is 111 Å². The van der Waals surface area contributed by atoms with E-state index < -0.39 is 0 Å². The molecule has 37 heavy (non-hydrogen) atoms. The van der Waals surface area contributed by atoms with Crippen LogP contribution in [-0.4, -0.2) is 6.61 Å². The molecule has 0 aromatic heterocycles. The smallest absolute Gasteiger partial charge is 0.0716 e. The van der Waals surface area contributed by atoms with E-state index in [1.54, 1.807) is 0 Å². The molecular formula is C36H44O. The lowest BCUT2D eigenvalue weighted by Crippen LogP contribution is -2.10. The van der Waals surface area contributed by atoms with Gasteiger partial charge in [-0.15, -0.1) is 6.58 Å². The molecule has 0 saturated heterocycles. The maximum atomic E-state index is 5.79. The molecule has 0 radical (unpaired) electrons. The van der Waals surface area contributed by atoms with Gasteiger partial charge in [0.1, 0.15) is 0 Å². The van der Waals surface area contributed by atoms with Crippen LogP contribution in [0.4, 0.5) is 0 Å². The molecule has 1 fully saturated rings. The lowest BCUT2D eigenvalue weighted by atomic mass is 9.82. The Morgan fingerprint density at radius 1 is 0.703 bits per heavy atom. The largest absolute Gasteiger partial charge is 0.377 e. The highest BCUT2D eigenvalue weighted by Gasteiger charge is 2.16. The summed E-state index contributed by atoms with van der Waals surface area (Å²) in [7, 11) is 0. The van der Waals surface area contributed by atoms with Crippen LogP contribution in [0.1, 0.15) is 69.4 Å². The number of unbranched alkanes of at least 4 members (excludes halogenated alkanes) is 2. The van der Waals surface area contributed by atoms with Crippen molar-refractivity contribution in [1.82, 2.24) is 0 Å². The normalized spacial score (nSPS) is 17.8.